The van der Waals surface area contributed by atoms with Crippen LogP contribution in [-0.4, -0.2) is 48.3 Å². The molecular weight excluding hydrogens is 374 g/mol. The average Bonchev–Trinajstić information content (AvgIpc) is 3.18. The Morgan fingerprint density at radius 2 is 2.11 bits per heavy atom. The summed E-state index contributed by atoms with van der Waals surface area (Å²) in [6.45, 7) is 5.17. The molecule has 2 aromatic heterocycles. The van der Waals surface area contributed by atoms with Crippen LogP contribution >= 0.6 is 11.3 Å². The van der Waals surface area contributed by atoms with Gasteiger partial charge in [-0.25, -0.2) is 4.98 Å². The largest absolute Gasteiger partial charge is 0.497 e. The van der Waals surface area contributed by atoms with E-state index in [9.17, 15) is 4.79 Å². The van der Waals surface area contributed by atoms with Crippen molar-refractivity contribution in [3.63, 3.8) is 0 Å². The molecule has 1 atom stereocenters. The summed E-state index contributed by atoms with van der Waals surface area (Å²) < 4.78 is 12.7. The minimum atomic E-state index is 0.0297. The minimum Gasteiger partial charge on any atom is -0.497 e. The van der Waals surface area contributed by atoms with Crippen LogP contribution in [0.2, 0.25) is 0 Å². The first-order valence-corrected chi connectivity index (χ1v) is 10.5. The minimum absolute atomic E-state index is 0.0297. The zero-order chi connectivity index (χ0) is 19.7. The summed E-state index contributed by atoms with van der Waals surface area (Å²) in [6.07, 6.45) is 3.83. The molecule has 0 aliphatic carbocycles. The highest BCUT2D eigenvalue weighted by atomic mass is 32.1. The maximum Gasteiger partial charge on any atom is 0.263 e. The third kappa shape index (κ3) is 3.29. The van der Waals surface area contributed by atoms with Crippen LogP contribution in [0.1, 0.15) is 25.8 Å². The van der Waals surface area contributed by atoms with Gasteiger partial charge in [0.1, 0.15) is 16.3 Å². The second-order valence-electron chi connectivity index (χ2n) is 7.04. The van der Waals surface area contributed by atoms with Gasteiger partial charge in [0.15, 0.2) is 0 Å². The Kier molecular flexibility index (Phi) is 5.37. The van der Waals surface area contributed by atoms with Gasteiger partial charge in [-0.3, -0.25) is 9.36 Å². The number of likely N-dealkylation sites (N-methyl/N-ethyl adjacent to an activating group) is 1. The Morgan fingerprint density at radius 3 is 2.86 bits per heavy atom. The smallest absolute Gasteiger partial charge is 0.263 e. The molecule has 7 heteroatoms. The number of nitrogens with zero attached hydrogens (tertiary/aromatic N) is 3. The van der Waals surface area contributed by atoms with Crippen molar-refractivity contribution in [2.45, 2.75) is 25.8 Å². The molecule has 1 aliphatic heterocycles. The molecule has 1 aromatic carbocycles. The summed E-state index contributed by atoms with van der Waals surface area (Å²) >= 11 is 1.49. The normalized spacial score (nSPS) is 17.8. The number of benzene rings is 1. The van der Waals surface area contributed by atoms with E-state index in [0.29, 0.717) is 11.1 Å². The van der Waals surface area contributed by atoms with Gasteiger partial charge in [0.25, 0.3) is 5.56 Å². The van der Waals surface area contributed by atoms with E-state index in [2.05, 4.69) is 16.8 Å². The lowest BCUT2D eigenvalue weighted by Gasteiger charge is -2.32. The average molecular weight is 400 g/mol. The summed E-state index contributed by atoms with van der Waals surface area (Å²) in [6, 6.07) is 5.84. The molecule has 0 N–H and O–H groups in total. The van der Waals surface area contributed by atoms with Gasteiger partial charge < -0.3 is 14.4 Å². The Morgan fingerprint density at radius 1 is 1.25 bits per heavy atom. The van der Waals surface area contributed by atoms with E-state index in [4.69, 9.17) is 9.47 Å². The van der Waals surface area contributed by atoms with E-state index in [1.54, 1.807) is 20.5 Å². The quantitative estimate of drug-likeness (QED) is 0.653. The standard InChI is InChI=1S/C21H25N3O3S/c1-4-23-9-5-6-14(11-23)24-13-22-20-19(21(24)25)17(12-28-20)16-8-7-15(26-2)10-18(16)27-3/h7-8,10,12-14H,4-6,9,11H2,1-3H3/t14-/m0/s1. The van der Waals surface area contributed by atoms with Gasteiger partial charge in [-0.05, 0) is 38.1 Å². The van der Waals surface area contributed by atoms with E-state index in [-0.39, 0.29) is 11.6 Å². The number of fused-ring (bicyclic) bond motifs is 1. The molecule has 3 aromatic rings. The van der Waals surface area contributed by atoms with Crippen LogP contribution in [0.15, 0.2) is 34.7 Å². The number of ether oxygens (including phenoxy) is 2. The lowest BCUT2D eigenvalue weighted by atomic mass is 10.0. The van der Waals surface area contributed by atoms with Crippen molar-refractivity contribution in [2.75, 3.05) is 33.9 Å². The first kappa shape index (κ1) is 19.0. The summed E-state index contributed by atoms with van der Waals surface area (Å²) in [4.78, 5) is 21.2. The van der Waals surface area contributed by atoms with Crippen molar-refractivity contribution < 1.29 is 9.47 Å². The number of thiophene rings is 1. The Labute approximate surface area is 168 Å². The maximum absolute atomic E-state index is 13.4. The highest BCUT2D eigenvalue weighted by molar-refractivity contribution is 7.17. The number of piperidine rings is 1. The fraction of sp³-hybridized carbons (Fsp3) is 0.429. The van der Waals surface area contributed by atoms with E-state index < -0.39 is 0 Å². The predicted octanol–water partition coefficient (Wildman–Crippen LogP) is 3.80. The number of aromatic nitrogens is 2. The molecule has 0 bridgehead atoms. The van der Waals surface area contributed by atoms with Gasteiger partial charge in [-0.1, -0.05) is 6.92 Å². The van der Waals surface area contributed by atoms with Gasteiger partial charge in [0.2, 0.25) is 0 Å². The van der Waals surface area contributed by atoms with Gasteiger partial charge in [0, 0.05) is 29.1 Å². The molecule has 1 saturated heterocycles. The highest BCUT2D eigenvalue weighted by Crippen LogP contribution is 2.38. The van der Waals surface area contributed by atoms with Crippen LogP contribution in [-0.2, 0) is 0 Å². The van der Waals surface area contributed by atoms with Crippen LogP contribution in [0.25, 0.3) is 21.3 Å². The first-order valence-electron chi connectivity index (χ1n) is 9.59. The maximum atomic E-state index is 13.4. The fourth-order valence-electron chi connectivity index (χ4n) is 3.97. The zero-order valence-corrected chi connectivity index (χ0v) is 17.3. The van der Waals surface area contributed by atoms with Gasteiger partial charge in [-0.2, -0.15) is 0 Å². The lowest BCUT2D eigenvalue weighted by Crippen LogP contribution is -2.39. The molecule has 1 aliphatic rings. The van der Waals surface area contributed by atoms with E-state index in [1.165, 1.54) is 11.3 Å². The Balaban J connectivity index is 1.83. The van der Waals surface area contributed by atoms with Crippen molar-refractivity contribution in [3.8, 4) is 22.6 Å². The summed E-state index contributed by atoms with van der Waals surface area (Å²) in [5, 5.41) is 2.66. The highest BCUT2D eigenvalue weighted by Gasteiger charge is 2.23. The van der Waals surface area contributed by atoms with Gasteiger partial charge in [0.05, 0.1) is 32.0 Å². The second-order valence-corrected chi connectivity index (χ2v) is 7.90. The van der Waals surface area contributed by atoms with Crippen LogP contribution in [0, 0.1) is 0 Å². The van der Waals surface area contributed by atoms with Crippen molar-refractivity contribution >= 4 is 21.6 Å². The third-order valence-electron chi connectivity index (χ3n) is 5.54. The monoisotopic (exact) mass is 399 g/mol. The molecule has 0 radical (unpaired) electrons. The number of hydrogen-bond acceptors (Lipinski definition) is 6. The topological polar surface area (TPSA) is 56.6 Å². The number of methoxy groups -OCH3 is 2. The molecule has 1 fully saturated rings. The molecule has 3 heterocycles. The van der Waals surface area contributed by atoms with Crippen LogP contribution in [0.3, 0.4) is 0 Å². The molecule has 0 amide bonds. The first-order chi connectivity index (χ1) is 13.7. The molecule has 148 valence electrons. The zero-order valence-electron chi connectivity index (χ0n) is 16.5. The van der Waals surface area contributed by atoms with Crippen LogP contribution in [0.5, 0.6) is 11.5 Å². The molecule has 28 heavy (non-hydrogen) atoms. The summed E-state index contributed by atoms with van der Waals surface area (Å²) in [5.41, 5.74) is 1.78. The Hall–Kier alpha value is -2.38. The second kappa shape index (κ2) is 7.93. The predicted molar refractivity (Wildman–Crippen MR) is 113 cm³/mol. The summed E-state index contributed by atoms with van der Waals surface area (Å²) in [5.74, 6) is 1.40. The van der Waals surface area contributed by atoms with E-state index in [1.807, 2.05) is 28.1 Å². The molecule has 4 rings (SSSR count). The molecular formula is C21H25N3O3S. The van der Waals surface area contributed by atoms with Crippen molar-refractivity contribution in [2.24, 2.45) is 0 Å². The van der Waals surface area contributed by atoms with Crippen molar-refractivity contribution in [1.82, 2.24) is 14.5 Å². The fourth-order valence-corrected chi connectivity index (χ4v) is 4.87. The molecule has 0 spiro atoms. The SMILES string of the molecule is CCN1CCC[C@H](n2cnc3scc(-c4ccc(OC)cc4OC)c3c2=O)C1. The van der Waals surface area contributed by atoms with Gasteiger partial charge in [-0.15, -0.1) is 11.3 Å². The van der Waals surface area contributed by atoms with Crippen molar-refractivity contribution in [3.05, 3.63) is 40.3 Å². The van der Waals surface area contributed by atoms with Crippen molar-refractivity contribution in [1.29, 1.82) is 0 Å². The number of hydrogen-bond donors (Lipinski definition) is 0. The molecule has 0 unspecified atom stereocenters. The molecule has 0 saturated carbocycles. The van der Waals surface area contributed by atoms with Crippen LogP contribution < -0.4 is 15.0 Å². The number of rotatable bonds is 5. The summed E-state index contributed by atoms with van der Waals surface area (Å²) in [7, 11) is 3.26. The van der Waals surface area contributed by atoms with Crippen LogP contribution in [0.4, 0.5) is 0 Å². The van der Waals surface area contributed by atoms with E-state index >= 15 is 0 Å². The molecule has 6 nitrogen and oxygen atoms in total. The Bertz CT molecular complexity index is 1040. The lowest BCUT2D eigenvalue weighted by molar-refractivity contribution is 0.183. The van der Waals surface area contributed by atoms with E-state index in [0.717, 1.165) is 54.2 Å². The number of likely N-dealkylation sites (tertiary alicyclic amines) is 1. The van der Waals surface area contributed by atoms with Gasteiger partial charge >= 0.3 is 0 Å². The third-order valence-corrected chi connectivity index (χ3v) is 6.43.